The molecular weight excluding hydrogens is 230 g/mol. The minimum Gasteiger partial charge on any atom is -0.377 e. The van der Waals surface area contributed by atoms with Gasteiger partial charge in [-0.25, -0.2) is 4.79 Å². The molecule has 4 heteroatoms. The number of carbonyl (C=O) groups is 1. The van der Waals surface area contributed by atoms with Gasteiger partial charge in [-0.05, 0) is 24.3 Å². The van der Waals surface area contributed by atoms with Crippen molar-refractivity contribution >= 4 is 5.97 Å². The summed E-state index contributed by atoms with van der Waals surface area (Å²) in [6.45, 7) is 3.62. The van der Waals surface area contributed by atoms with Crippen LogP contribution < -0.4 is 0 Å². The highest BCUT2D eigenvalue weighted by Crippen LogP contribution is 2.19. The van der Waals surface area contributed by atoms with E-state index >= 15 is 0 Å². The number of hydrogen-bond donors (Lipinski definition) is 1. The van der Waals surface area contributed by atoms with Gasteiger partial charge in [0, 0.05) is 13.1 Å². The van der Waals surface area contributed by atoms with Gasteiger partial charge in [-0.2, -0.15) is 0 Å². The van der Waals surface area contributed by atoms with Crippen molar-refractivity contribution in [3.63, 3.8) is 0 Å². The number of hydroxylamine groups is 2. The SMILES string of the molecule is CC1CCCN(OC(=O)[C@@H](O)c2ccccc2)C1. The van der Waals surface area contributed by atoms with E-state index in [0.29, 0.717) is 11.5 Å². The van der Waals surface area contributed by atoms with Crippen LogP contribution in [-0.4, -0.2) is 29.2 Å². The van der Waals surface area contributed by atoms with Crippen LogP contribution in [0.2, 0.25) is 0 Å². The maximum absolute atomic E-state index is 11.8. The summed E-state index contributed by atoms with van der Waals surface area (Å²) < 4.78 is 0. The van der Waals surface area contributed by atoms with E-state index in [9.17, 15) is 9.90 Å². The molecule has 4 nitrogen and oxygen atoms in total. The molecule has 1 fully saturated rings. The molecule has 1 aromatic carbocycles. The largest absolute Gasteiger partial charge is 0.377 e. The summed E-state index contributed by atoms with van der Waals surface area (Å²) in [4.78, 5) is 17.0. The summed E-state index contributed by atoms with van der Waals surface area (Å²) in [7, 11) is 0. The fourth-order valence-corrected chi connectivity index (χ4v) is 2.18. The predicted molar refractivity (Wildman–Crippen MR) is 67.5 cm³/mol. The van der Waals surface area contributed by atoms with E-state index in [1.807, 2.05) is 6.07 Å². The number of aliphatic hydroxyl groups excluding tert-OH is 1. The van der Waals surface area contributed by atoms with Gasteiger partial charge in [0.1, 0.15) is 0 Å². The Hall–Kier alpha value is -1.39. The fourth-order valence-electron chi connectivity index (χ4n) is 2.18. The van der Waals surface area contributed by atoms with Gasteiger partial charge in [0.25, 0.3) is 0 Å². The molecule has 0 amide bonds. The maximum Gasteiger partial charge on any atom is 0.358 e. The zero-order chi connectivity index (χ0) is 13.0. The van der Waals surface area contributed by atoms with Gasteiger partial charge < -0.3 is 9.94 Å². The van der Waals surface area contributed by atoms with Crippen molar-refractivity contribution in [2.45, 2.75) is 25.9 Å². The molecule has 1 N–H and O–H groups in total. The second-order valence-electron chi connectivity index (χ2n) is 4.86. The van der Waals surface area contributed by atoms with Crippen LogP contribution in [-0.2, 0) is 9.63 Å². The first kappa shape index (κ1) is 13.1. The van der Waals surface area contributed by atoms with Crippen LogP contribution in [0.1, 0.15) is 31.4 Å². The topological polar surface area (TPSA) is 49.8 Å². The average Bonchev–Trinajstić information content (AvgIpc) is 2.39. The van der Waals surface area contributed by atoms with Crippen molar-refractivity contribution < 1.29 is 14.7 Å². The second kappa shape index (κ2) is 5.98. The van der Waals surface area contributed by atoms with E-state index in [1.165, 1.54) is 0 Å². The van der Waals surface area contributed by atoms with E-state index < -0.39 is 12.1 Å². The quantitative estimate of drug-likeness (QED) is 0.889. The van der Waals surface area contributed by atoms with Crippen LogP contribution in [0.3, 0.4) is 0 Å². The number of carbonyl (C=O) groups excluding carboxylic acids is 1. The molecule has 0 aromatic heterocycles. The van der Waals surface area contributed by atoms with Crippen molar-refractivity contribution in [2.75, 3.05) is 13.1 Å². The minimum absolute atomic E-state index is 0.528. The average molecular weight is 249 g/mol. The lowest BCUT2D eigenvalue weighted by atomic mass is 10.0. The lowest BCUT2D eigenvalue weighted by Gasteiger charge is -2.29. The molecule has 2 rings (SSSR count). The third kappa shape index (κ3) is 3.31. The summed E-state index contributed by atoms with van der Waals surface area (Å²) in [6.07, 6.45) is 0.981. The molecule has 1 aliphatic heterocycles. The molecule has 0 aliphatic carbocycles. The van der Waals surface area contributed by atoms with Crippen LogP contribution in [0.25, 0.3) is 0 Å². The highest BCUT2D eigenvalue weighted by atomic mass is 16.7. The number of piperidine rings is 1. The number of nitrogens with zero attached hydrogens (tertiary/aromatic N) is 1. The molecule has 0 spiro atoms. The van der Waals surface area contributed by atoms with Crippen molar-refractivity contribution in [2.24, 2.45) is 5.92 Å². The van der Waals surface area contributed by atoms with Gasteiger partial charge in [0.2, 0.25) is 0 Å². The highest BCUT2D eigenvalue weighted by Gasteiger charge is 2.24. The molecule has 0 saturated carbocycles. The number of hydrogen-bond acceptors (Lipinski definition) is 4. The molecule has 98 valence electrons. The van der Waals surface area contributed by atoms with Crippen LogP contribution >= 0.6 is 0 Å². The Morgan fingerprint density at radius 3 is 2.83 bits per heavy atom. The first-order valence-electron chi connectivity index (χ1n) is 6.36. The Labute approximate surface area is 107 Å². The van der Waals surface area contributed by atoms with Crippen LogP contribution in [0, 0.1) is 5.92 Å². The molecule has 1 aliphatic rings. The van der Waals surface area contributed by atoms with Crippen molar-refractivity contribution in [3.8, 4) is 0 Å². The number of rotatable bonds is 3. The van der Waals surface area contributed by atoms with Crippen molar-refractivity contribution in [3.05, 3.63) is 35.9 Å². The number of aliphatic hydroxyl groups is 1. The van der Waals surface area contributed by atoms with Gasteiger partial charge >= 0.3 is 5.97 Å². The maximum atomic E-state index is 11.8. The number of benzene rings is 1. The second-order valence-corrected chi connectivity index (χ2v) is 4.86. The van der Waals surface area contributed by atoms with E-state index in [2.05, 4.69) is 6.92 Å². The van der Waals surface area contributed by atoms with E-state index in [1.54, 1.807) is 29.3 Å². The Morgan fingerprint density at radius 1 is 1.44 bits per heavy atom. The minimum atomic E-state index is -1.21. The zero-order valence-corrected chi connectivity index (χ0v) is 10.6. The normalized spacial score (nSPS) is 22.4. The molecule has 1 heterocycles. The molecule has 0 bridgehead atoms. The third-order valence-corrected chi connectivity index (χ3v) is 3.18. The zero-order valence-electron chi connectivity index (χ0n) is 10.6. The van der Waals surface area contributed by atoms with Gasteiger partial charge in [-0.3, -0.25) is 0 Å². The highest BCUT2D eigenvalue weighted by molar-refractivity contribution is 5.75. The molecule has 2 atom stereocenters. The Morgan fingerprint density at radius 2 is 2.17 bits per heavy atom. The molecule has 18 heavy (non-hydrogen) atoms. The van der Waals surface area contributed by atoms with Crippen LogP contribution in [0.4, 0.5) is 0 Å². The first-order chi connectivity index (χ1) is 8.66. The van der Waals surface area contributed by atoms with Gasteiger partial charge in [-0.15, -0.1) is 5.06 Å². The molecule has 1 aromatic rings. The lowest BCUT2D eigenvalue weighted by molar-refractivity contribution is -0.207. The summed E-state index contributed by atoms with van der Waals surface area (Å²) in [5.41, 5.74) is 0.563. The molecule has 0 radical (unpaired) electrons. The summed E-state index contributed by atoms with van der Waals surface area (Å²) >= 11 is 0. The monoisotopic (exact) mass is 249 g/mol. The third-order valence-electron chi connectivity index (χ3n) is 3.18. The summed E-state index contributed by atoms with van der Waals surface area (Å²) in [5, 5.41) is 11.5. The predicted octanol–water partition coefficient (Wildman–Crippen LogP) is 1.91. The molecule has 1 unspecified atom stereocenters. The van der Waals surface area contributed by atoms with E-state index in [4.69, 9.17) is 4.84 Å². The van der Waals surface area contributed by atoms with Crippen LogP contribution in [0.15, 0.2) is 30.3 Å². The van der Waals surface area contributed by atoms with Gasteiger partial charge in [-0.1, -0.05) is 37.3 Å². The van der Waals surface area contributed by atoms with E-state index in [-0.39, 0.29) is 0 Å². The van der Waals surface area contributed by atoms with Gasteiger partial charge in [0.15, 0.2) is 6.10 Å². The fraction of sp³-hybridized carbons (Fsp3) is 0.500. The molecular formula is C14H19NO3. The van der Waals surface area contributed by atoms with Crippen molar-refractivity contribution in [1.82, 2.24) is 5.06 Å². The Balaban J connectivity index is 1.91. The first-order valence-corrected chi connectivity index (χ1v) is 6.36. The summed E-state index contributed by atoms with van der Waals surface area (Å²) in [6, 6.07) is 8.84. The molecule has 1 saturated heterocycles. The Kier molecular flexibility index (Phi) is 4.33. The van der Waals surface area contributed by atoms with Crippen LogP contribution in [0.5, 0.6) is 0 Å². The van der Waals surface area contributed by atoms with Gasteiger partial charge in [0.05, 0.1) is 0 Å². The standard InChI is InChI=1S/C14H19NO3/c1-11-6-5-9-15(10-11)18-14(17)13(16)12-7-3-2-4-8-12/h2-4,7-8,11,13,16H,5-6,9-10H2,1H3/t11?,13-/m0/s1. The van der Waals surface area contributed by atoms with E-state index in [0.717, 1.165) is 25.9 Å². The van der Waals surface area contributed by atoms with Crippen molar-refractivity contribution in [1.29, 1.82) is 0 Å². The smallest absolute Gasteiger partial charge is 0.358 e. The summed E-state index contributed by atoms with van der Waals surface area (Å²) in [5.74, 6) is -0.0734. The lowest BCUT2D eigenvalue weighted by Crippen LogP contribution is -2.37. The Bertz CT molecular complexity index is 393.